The van der Waals surface area contributed by atoms with Crippen LogP contribution < -0.4 is 0 Å². The molecule has 0 aliphatic rings. The molecule has 0 aliphatic carbocycles. The van der Waals surface area contributed by atoms with E-state index in [9.17, 15) is 4.79 Å². The maximum atomic E-state index is 10.8. The first-order valence-electron chi connectivity index (χ1n) is 5.32. The molecule has 0 saturated carbocycles. The Balaban J connectivity index is 2.91. The Morgan fingerprint density at radius 2 is 2.14 bits per heavy atom. The van der Waals surface area contributed by atoms with Crippen LogP contribution in [0.2, 0.25) is 0 Å². The fraction of sp³-hybridized carbons (Fsp3) is 0.583. The fourth-order valence-corrected chi connectivity index (χ4v) is 1.72. The van der Waals surface area contributed by atoms with E-state index in [1.54, 1.807) is 0 Å². The molecule has 0 bridgehead atoms. The van der Waals surface area contributed by atoms with Gasteiger partial charge < -0.3 is 4.57 Å². The molecule has 0 spiro atoms. The summed E-state index contributed by atoms with van der Waals surface area (Å²) in [7, 11) is 0. The van der Waals surface area contributed by atoms with Gasteiger partial charge in [0.1, 0.15) is 0 Å². The van der Waals surface area contributed by atoms with Crippen LogP contribution in [0.1, 0.15) is 43.4 Å². The molecule has 0 unspecified atom stereocenters. The molecule has 2 heteroatoms. The van der Waals surface area contributed by atoms with Crippen molar-refractivity contribution in [3.63, 3.8) is 0 Å². The average Bonchev–Trinajstić information content (AvgIpc) is 2.48. The number of hydrogen-bond donors (Lipinski definition) is 0. The van der Waals surface area contributed by atoms with E-state index in [2.05, 4.69) is 31.4 Å². The number of hydrogen-bond acceptors (Lipinski definition) is 1. The predicted molar refractivity (Wildman–Crippen MR) is 58.7 cm³/mol. The molecule has 14 heavy (non-hydrogen) atoms. The number of aldehydes is 1. The van der Waals surface area contributed by atoms with Crippen molar-refractivity contribution in [1.82, 2.24) is 4.57 Å². The third-order valence-electron chi connectivity index (χ3n) is 2.29. The molecule has 0 N–H and O–H groups in total. The second-order valence-electron chi connectivity index (χ2n) is 4.12. The van der Waals surface area contributed by atoms with E-state index in [4.69, 9.17) is 0 Å². The Hall–Kier alpha value is -1.05. The Labute approximate surface area is 85.9 Å². The van der Waals surface area contributed by atoms with E-state index in [1.165, 1.54) is 5.69 Å². The predicted octanol–water partition coefficient (Wildman–Crippen LogP) is 2.91. The minimum absolute atomic E-state index is 0.639. The third-order valence-corrected chi connectivity index (χ3v) is 2.29. The van der Waals surface area contributed by atoms with Crippen molar-refractivity contribution in [2.75, 3.05) is 0 Å². The van der Waals surface area contributed by atoms with Crippen molar-refractivity contribution < 1.29 is 4.79 Å². The number of nitrogens with zero attached hydrogens (tertiary/aromatic N) is 1. The first-order chi connectivity index (χ1) is 6.69. The topological polar surface area (TPSA) is 22.0 Å². The van der Waals surface area contributed by atoms with E-state index in [0.717, 1.165) is 31.4 Å². The molecular formula is C12H19NO. The molecule has 0 aromatic carbocycles. The van der Waals surface area contributed by atoms with Gasteiger partial charge in [-0.25, -0.2) is 0 Å². The van der Waals surface area contributed by atoms with Crippen molar-refractivity contribution in [2.45, 2.75) is 40.2 Å². The lowest BCUT2D eigenvalue weighted by Gasteiger charge is -2.11. The minimum atomic E-state index is 0.639. The summed E-state index contributed by atoms with van der Waals surface area (Å²) in [4.78, 5) is 10.8. The number of rotatable bonds is 5. The summed E-state index contributed by atoms with van der Waals surface area (Å²) in [5.74, 6) is 0.639. The van der Waals surface area contributed by atoms with E-state index >= 15 is 0 Å². The lowest BCUT2D eigenvalue weighted by Crippen LogP contribution is -2.08. The molecule has 1 rings (SSSR count). The van der Waals surface area contributed by atoms with Crippen molar-refractivity contribution in [3.8, 4) is 0 Å². The van der Waals surface area contributed by atoms with Crippen LogP contribution in [0.15, 0.2) is 12.1 Å². The zero-order valence-electron chi connectivity index (χ0n) is 9.29. The summed E-state index contributed by atoms with van der Waals surface area (Å²) in [6, 6.07) is 3.99. The van der Waals surface area contributed by atoms with Crippen LogP contribution in [-0.4, -0.2) is 10.9 Å². The molecule has 0 saturated heterocycles. The molecule has 2 nitrogen and oxygen atoms in total. The van der Waals surface area contributed by atoms with Crippen LogP contribution in [-0.2, 0) is 13.0 Å². The summed E-state index contributed by atoms with van der Waals surface area (Å²) in [5.41, 5.74) is 2.09. The largest absolute Gasteiger partial charge is 0.342 e. The van der Waals surface area contributed by atoms with Gasteiger partial charge in [0.15, 0.2) is 6.29 Å². The van der Waals surface area contributed by atoms with Crippen molar-refractivity contribution in [2.24, 2.45) is 5.92 Å². The Kier molecular flexibility index (Phi) is 3.93. The van der Waals surface area contributed by atoms with Crippen LogP contribution in [0.5, 0.6) is 0 Å². The summed E-state index contributed by atoms with van der Waals surface area (Å²) in [6.45, 7) is 7.48. The van der Waals surface area contributed by atoms with Gasteiger partial charge in [-0.3, -0.25) is 4.79 Å². The maximum absolute atomic E-state index is 10.8. The Morgan fingerprint density at radius 1 is 1.43 bits per heavy atom. The van der Waals surface area contributed by atoms with Gasteiger partial charge in [0.2, 0.25) is 0 Å². The number of carbonyl (C=O) groups excluding carboxylic acids is 1. The van der Waals surface area contributed by atoms with E-state index in [1.807, 2.05) is 6.07 Å². The highest BCUT2D eigenvalue weighted by Gasteiger charge is 2.07. The van der Waals surface area contributed by atoms with Crippen LogP contribution in [0.4, 0.5) is 0 Å². The van der Waals surface area contributed by atoms with E-state index < -0.39 is 0 Å². The highest BCUT2D eigenvalue weighted by molar-refractivity contribution is 5.72. The summed E-state index contributed by atoms with van der Waals surface area (Å²) in [5, 5.41) is 0. The van der Waals surface area contributed by atoms with Gasteiger partial charge in [-0.2, -0.15) is 0 Å². The van der Waals surface area contributed by atoms with Gasteiger partial charge in [-0.05, 0) is 30.9 Å². The monoisotopic (exact) mass is 193 g/mol. The van der Waals surface area contributed by atoms with Crippen molar-refractivity contribution in [3.05, 3.63) is 23.5 Å². The summed E-state index contributed by atoms with van der Waals surface area (Å²) < 4.78 is 2.13. The van der Waals surface area contributed by atoms with Gasteiger partial charge in [0.25, 0.3) is 0 Å². The van der Waals surface area contributed by atoms with Crippen LogP contribution in [0, 0.1) is 5.92 Å². The second-order valence-corrected chi connectivity index (χ2v) is 4.12. The molecule has 1 aromatic rings. The molecule has 0 radical (unpaired) electrons. The zero-order valence-corrected chi connectivity index (χ0v) is 9.29. The van der Waals surface area contributed by atoms with Gasteiger partial charge in [-0.1, -0.05) is 20.8 Å². The van der Waals surface area contributed by atoms with Crippen LogP contribution >= 0.6 is 0 Å². The minimum Gasteiger partial charge on any atom is -0.342 e. The van der Waals surface area contributed by atoms with Crippen LogP contribution in [0.25, 0.3) is 0 Å². The number of carbonyl (C=O) groups is 1. The molecule has 78 valence electrons. The van der Waals surface area contributed by atoms with Crippen molar-refractivity contribution >= 4 is 6.29 Å². The standard InChI is InChI=1S/C12H19NO/c1-4-7-13-11(8-10(2)3)5-6-12(13)9-14/h5-6,9-10H,4,7-8H2,1-3H3. The quantitative estimate of drug-likeness (QED) is 0.659. The van der Waals surface area contributed by atoms with Gasteiger partial charge in [0, 0.05) is 12.2 Å². The Bertz CT molecular complexity index is 299. The molecule has 0 fully saturated rings. The SMILES string of the molecule is CCCn1c(C=O)ccc1CC(C)C. The lowest BCUT2D eigenvalue weighted by molar-refractivity contribution is 0.111. The van der Waals surface area contributed by atoms with Gasteiger partial charge >= 0.3 is 0 Å². The normalized spacial score (nSPS) is 10.9. The highest BCUT2D eigenvalue weighted by Crippen LogP contribution is 2.13. The molecule has 0 amide bonds. The molecule has 0 aliphatic heterocycles. The molecule has 1 heterocycles. The summed E-state index contributed by atoms with van der Waals surface area (Å²) in [6.07, 6.45) is 3.06. The number of aromatic nitrogens is 1. The second kappa shape index (κ2) is 4.99. The fourth-order valence-electron chi connectivity index (χ4n) is 1.72. The lowest BCUT2D eigenvalue weighted by atomic mass is 10.1. The zero-order chi connectivity index (χ0) is 10.6. The van der Waals surface area contributed by atoms with Gasteiger partial charge in [0.05, 0.1) is 5.69 Å². The van der Waals surface area contributed by atoms with E-state index in [0.29, 0.717) is 5.92 Å². The Morgan fingerprint density at radius 3 is 2.64 bits per heavy atom. The average molecular weight is 193 g/mol. The molecule has 0 atom stereocenters. The smallest absolute Gasteiger partial charge is 0.166 e. The van der Waals surface area contributed by atoms with Crippen molar-refractivity contribution in [1.29, 1.82) is 0 Å². The molecule has 1 aromatic heterocycles. The summed E-state index contributed by atoms with van der Waals surface area (Å²) >= 11 is 0. The third kappa shape index (κ3) is 2.47. The maximum Gasteiger partial charge on any atom is 0.166 e. The first-order valence-corrected chi connectivity index (χ1v) is 5.32. The van der Waals surface area contributed by atoms with E-state index in [-0.39, 0.29) is 0 Å². The van der Waals surface area contributed by atoms with Crippen LogP contribution in [0.3, 0.4) is 0 Å². The van der Waals surface area contributed by atoms with Gasteiger partial charge in [-0.15, -0.1) is 0 Å². The molecular weight excluding hydrogens is 174 g/mol. The first kappa shape index (κ1) is 11.0. The highest BCUT2D eigenvalue weighted by atomic mass is 16.1.